The summed E-state index contributed by atoms with van der Waals surface area (Å²) in [5, 5.41) is 8.87. The van der Waals surface area contributed by atoms with Crippen LogP contribution < -0.4 is 18.9 Å². The van der Waals surface area contributed by atoms with E-state index in [1.165, 1.54) is 21.5 Å². The highest BCUT2D eigenvalue weighted by atomic mass is 16.5. The molecule has 44 heavy (non-hydrogen) atoms. The summed E-state index contributed by atoms with van der Waals surface area (Å²) in [5.41, 5.74) is 1.91. The Morgan fingerprint density at radius 1 is 0.386 bits per heavy atom. The highest BCUT2D eigenvalue weighted by molar-refractivity contribution is 6.10. The number of hydrogen-bond acceptors (Lipinski definition) is 4. The number of ether oxygens (including phenoxy) is 4. The molecule has 0 fully saturated rings. The van der Waals surface area contributed by atoms with E-state index in [2.05, 4.69) is 113 Å². The van der Waals surface area contributed by atoms with Crippen molar-refractivity contribution in [1.29, 1.82) is 0 Å². The Morgan fingerprint density at radius 2 is 0.705 bits per heavy atom. The normalized spacial score (nSPS) is 11.5. The van der Waals surface area contributed by atoms with Crippen LogP contribution >= 0.6 is 0 Å². The molecular formula is C40H42O4. The van der Waals surface area contributed by atoms with Crippen molar-refractivity contribution in [3.8, 4) is 34.1 Å². The van der Waals surface area contributed by atoms with Crippen molar-refractivity contribution in [2.75, 3.05) is 26.4 Å². The lowest BCUT2D eigenvalue weighted by atomic mass is 9.92. The molecule has 0 N–H and O–H groups in total. The van der Waals surface area contributed by atoms with Crippen LogP contribution in [0.4, 0.5) is 0 Å². The molecule has 0 aliphatic heterocycles. The Labute approximate surface area is 260 Å². The summed E-state index contributed by atoms with van der Waals surface area (Å²) < 4.78 is 26.3. The van der Waals surface area contributed by atoms with Crippen LogP contribution in [0.25, 0.3) is 54.2 Å². The van der Waals surface area contributed by atoms with Crippen molar-refractivity contribution in [2.45, 2.75) is 53.4 Å². The fourth-order valence-corrected chi connectivity index (χ4v) is 5.89. The van der Waals surface area contributed by atoms with Crippen LogP contribution in [0.2, 0.25) is 0 Å². The van der Waals surface area contributed by atoms with Crippen LogP contribution in [0.5, 0.6) is 23.0 Å². The van der Waals surface area contributed by atoms with Gasteiger partial charge in [-0.1, -0.05) is 76.2 Å². The van der Waals surface area contributed by atoms with Gasteiger partial charge in [-0.2, -0.15) is 0 Å². The third-order valence-electron chi connectivity index (χ3n) is 7.95. The first kappa shape index (κ1) is 29.6. The molecule has 4 nitrogen and oxygen atoms in total. The molecule has 4 heteroatoms. The van der Waals surface area contributed by atoms with Crippen molar-refractivity contribution < 1.29 is 18.9 Å². The van der Waals surface area contributed by atoms with Gasteiger partial charge >= 0.3 is 0 Å². The molecule has 0 atom stereocenters. The second-order valence-electron chi connectivity index (χ2n) is 11.4. The molecule has 6 rings (SSSR count). The molecule has 0 saturated heterocycles. The Bertz CT molecular complexity index is 1780. The van der Waals surface area contributed by atoms with Crippen molar-refractivity contribution in [2.24, 2.45) is 0 Å². The summed E-state index contributed by atoms with van der Waals surface area (Å²) in [6.45, 7) is 11.0. The zero-order valence-corrected chi connectivity index (χ0v) is 26.4. The summed E-state index contributed by atoms with van der Waals surface area (Å²) in [4.78, 5) is 0. The lowest BCUT2D eigenvalue weighted by Crippen LogP contribution is -2.04. The van der Waals surface area contributed by atoms with Crippen molar-refractivity contribution in [3.63, 3.8) is 0 Å². The van der Waals surface area contributed by atoms with Gasteiger partial charge in [-0.05, 0) is 83.6 Å². The van der Waals surface area contributed by atoms with E-state index in [1.807, 2.05) is 0 Å². The zero-order chi connectivity index (χ0) is 30.5. The zero-order valence-electron chi connectivity index (χ0n) is 26.4. The fourth-order valence-electron chi connectivity index (χ4n) is 5.89. The number of benzene rings is 6. The van der Waals surface area contributed by atoms with Crippen LogP contribution in [0.3, 0.4) is 0 Å². The molecular weight excluding hydrogens is 544 g/mol. The first-order chi connectivity index (χ1) is 21.7. The average molecular weight is 587 g/mol. The van der Waals surface area contributed by atoms with E-state index in [1.54, 1.807) is 0 Å². The van der Waals surface area contributed by atoms with Gasteiger partial charge in [-0.15, -0.1) is 0 Å². The SMILES string of the molecule is CCCOc1cc(-c2cc(OCCC)c3cc4ccccc4cc3c2OCCC)c(OCCC)c2cc3ccccc3cc12. The summed E-state index contributed by atoms with van der Waals surface area (Å²) >= 11 is 0. The van der Waals surface area contributed by atoms with Crippen LogP contribution in [0, 0.1) is 0 Å². The molecule has 0 amide bonds. The minimum Gasteiger partial charge on any atom is -0.493 e. The molecule has 0 spiro atoms. The van der Waals surface area contributed by atoms with Crippen molar-refractivity contribution in [3.05, 3.63) is 84.9 Å². The van der Waals surface area contributed by atoms with Crippen LogP contribution in [0.1, 0.15) is 53.4 Å². The second kappa shape index (κ2) is 13.5. The molecule has 0 aliphatic carbocycles. The van der Waals surface area contributed by atoms with Gasteiger partial charge in [0.1, 0.15) is 23.0 Å². The van der Waals surface area contributed by atoms with Gasteiger partial charge in [-0.25, -0.2) is 0 Å². The minimum atomic E-state index is 0.604. The van der Waals surface area contributed by atoms with Crippen LogP contribution in [0.15, 0.2) is 84.9 Å². The summed E-state index contributed by atoms with van der Waals surface area (Å²) in [5.74, 6) is 3.39. The first-order valence-corrected chi connectivity index (χ1v) is 16.2. The predicted octanol–water partition coefficient (Wildman–Crippen LogP) is 11.1. The molecule has 0 radical (unpaired) electrons. The summed E-state index contributed by atoms with van der Waals surface area (Å²) in [7, 11) is 0. The molecule has 0 bridgehead atoms. The molecule has 0 saturated carbocycles. The van der Waals surface area contributed by atoms with Gasteiger partial charge in [0, 0.05) is 32.7 Å². The first-order valence-electron chi connectivity index (χ1n) is 16.2. The maximum Gasteiger partial charge on any atom is 0.135 e. The molecule has 0 aliphatic rings. The molecule has 226 valence electrons. The summed E-state index contributed by atoms with van der Waals surface area (Å²) in [6.07, 6.45) is 3.63. The van der Waals surface area contributed by atoms with E-state index in [-0.39, 0.29) is 0 Å². The van der Waals surface area contributed by atoms with Crippen LogP contribution in [-0.4, -0.2) is 26.4 Å². The standard InChI is InChI=1S/C40H42O4/c1-5-17-41-37-25-35(39(43-19-7-3)33-23-29-15-11-9-13-27(29)21-31(33)37)36-26-38(42-18-6-2)32-22-28-14-10-12-16-30(28)24-34(32)40(36)44-20-8-4/h9-16,21-26H,5-8,17-20H2,1-4H3. The highest BCUT2D eigenvalue weighted by Gasteiger charge is 2.23. The van der Waals surface area contributed by atoms with E-state index in [0.29, 0.717) is 26.4 Å². The van der Waals surface area contributed by atoms with E-state index in [9.17, 15) is 0 Å². The second-order valence-corrected chi connectivity index (χ2v) is 11.4. The molecule has 0 aromatic heterocycles. The van der Waals surface area contributed by atoms with Gasteiger partial charge in [0.2, 0.25) is 0 Å². The monoisotopic (exact) mass is 586 g/mol. The fraction of sp³-hybridized carbons (Fsp3) is 0.300. The van der Waals surface area contributed by atoms with Gasteiger partial charge in [0.25, 0.3) is 0 Å². The van der Waals surface area contributed by atoms with Gasteiger partial charge in [0.05, 0.1) is 26.4 Å². The van der Waals surface area contributed by atoms with Crippen LogP contribution in [-0.2, 0) is 0 Å². The Kier molecular flexibility index (Phi) is 9.07. The largest absolute Gasteiger partial charge is 0.493 e. The van der Waals surface area contributed by atoms with Gasteiger partial charge in [0.15, 0.2) is 0 Å². The van der Waals surface area contributed by atoms with E-state index < -0.39 is 0 Å². The number of fused-ring (bicyclic) bond motifs is 4. The third-order valence-corrected chi connectivity index (χ3v) is 7.95. The highest BCUT2D eigenvalue weighted by Crippen LogP contribution is 2.50. The minimum absolute atomic E-state index is 0.604. The lowest BCUT2D eigenvalue weighted by molar-refractivity contribution is 0.311. The Morgan fingerprint density at radius 3 is 1.05 bits per heavy atom. The molecule has 0 unspecified atom stereocenters. The smallest absolute Gasteiger partial charge is 0.135 e. The van der Waals surface area contributed by atoms with Gasteiger partial charge in [-0.3, -0.25) is 0 Å². The third kappa shape index (κ3) is 5.74. The predicted molar refractivity (Wildman–Crippen MR) is 185 cm³/mol. The average Bonchev–Trinajstić information content (AvgIpc) is 3.06. The topological polar surface area (TPSA) is 36.9 Å². The van der Waals surface area contributed by atoms with Gasteiger partial charge < -0.3 is 18.9 Å². The Hall–Kier alpha value is -4.44. The number of hydrogen-bond donors (Lipinski definition) is 0. The summed E-state index contributed by atoms with van der Waals surface area (Å²) in [6, 6.07) is 30.2. The van der Waals surface area contributed by atoms with Crippen molar-refractivity contribution in [1.82, 2.24) is 0 Å². The lowest BCUT2D eigenvalue weighted by Gasteiger charge is -2.22. The maximum absolute atomic E-state index is 6.67. The van der Waals surface area contributed by atoms with E-state index in [4.69, 9.17) is 18.9 Å². The quantitative estimate of drug-likeness (QED) is 0.126. The maximum atomic E-state index is 6.67. The van der Waals surface area contributed by atoms with E-state index >= 15 is 0 Å². The van der Waals surface area contributed by atoms with E-state index in [0.717, 1.165) is 81.4 Å². The molecule has 6 aromatic rings. The molecule has 0 heterocycles. The van der Waals surface area contributed by atoms with Crippen molar-refractivity contribution >= 4 is 43.1 Å². The number of rotatable bonds is 13. The molecule has 6 aromatic carbocycles. The Balaban J connectivity index is 1.73.